The molecule has 0 atom stereocenters. The molecule has 2 N–H and O–H groups in total. The van der Waals surface area contributed by atoms with Crippen LogP contribution in [0.3, 0.4) is 0 Å². The first-order valence-electron chi connectivity index (χ1n) is 5.88. The minimum Gasteiger partial charge on any atom is -0.369 e. The fourth-order valence-corrected chi connectivity index (χ4v) is 2.06. The summed E-state index contributed by atoms with van der Waals surface area (Å²) in [6.45, 7) is 1.70. The molecule has 0 radical (unpaired) electrons. The van der Waals surface area contributed by atoms with Crippen molar-refractivity contribution in [2.75, 3.05) is 5.73 Å². The number of aryl methyl sites for hydroxylation is 2. The molecule has 18 heavy (non-hydrogen) atoms. The maximum atomic E-state index is 5.91. The Kier molecular flexibility index (Phi) is 2.68. The van der Waals surface area contributed by atoms with Gasteiger partial charge in [0.25, 0.3) is 0 Å². The number of anilines is 1. The van der Waals surface area contributed by atoms with Gasteiger partial charge in [-0.25, -0.2) is 4.98 Å². The van der Waals surface area contributed by atoms with Gasteiger partial charge in [-0.05, 0) is 18.6 Å². The largest absolute Gasteiger partial charge is 0.369 e. The maximum Gasteiger partial charge on any atom is 0.201 e. The normalized spacial score (nSPS) is 11.1. The lowest BCUT2D eigenvalue weighted by Crippen LogP contribution is -2.07. The van der Waals surface area contributed by atoms with Crippen molar-refractivity contribution in [3.05, 3.63) is 36.9 Å². The Hall–Kier alpha value is -2.37. The second kappa shape index (κ2) is 4.48. The first-order valence-corrected chi connectivity index (χ1v) is 5.88. The highest BCUT2D eigenvalue weighted by atomic mass is 15.3. The number of nitrogens with zero attached hydrogens (tertiary/aromatic N) is 5. The summed E-state index contributed by atoms with van der Waals surface area (Å²) >= 11 is 0. The zero-order chi connectivity index (χ0) is 12.4. The molecular formula is C12H14N6. The van der Waals surface area contributed by atoms with Crippen LogP contribution in [0.2, 0.25) is 0 Å². The van der Waals surface area contributed by atoms with Crippen molar-refractivity contribution in [1.82, 2.24) is 24.3 Å². The molecule has 0 aliphatic rings. The molecular weight excluding hydrogens is 228 g/mol. The number of nitrogen functional groups attached to an aromatic ring is 1. The number of rotatable bonds is 4. The highest BCUT2D eigenvalue weighted by molar-refractivity contribution is 5.76. The standard InChI is InChI=1S/C12H14N6/c13-12-16-10-9-14-5-3-11(10)18(12)8-2-7-17-6-1-4-15-17/h1,3-6,9H,2,7-8H2,(H2,13,16). The number of aromatic nitrogens is 5. The summed E-state index contributed by atoms with van der Waals surface area (Å²) in [6.07, 6.45) is 8.19. The zero-order valence-corrected chi connectivity index (χ0v) is 9.90. The molecule has 0 bridgehead atoms. The highest BCUT2D eigenvalue weighted by Gasteiger charge is 2.07. The summed E-state index contributed by atoms with van der Waals surface area (Å²) in [4.78, 5) is 8.33. The van der Waals surface area contributed by atoms with Crippen molar-refractivity contribution >= 4 is 17.0 Å². The number of nitrogens with two attached hydrogens (primary N) is 1. The van der Waals surface area contributed by atoms with Crippen LogP contribution in [0.1, 0.15) is 6.42 Å². The van der Waals surface area contributed by atoms with Crippen molar-refractivity contribution < 1.29 is 0 Å². The fraction of sp³-hybridized carbons (Fsp3) is 0.250. The summed E-state index contributed by atoms with van der Waals surface area (Å²) < 4.78 is 3.93. The minimum absolute atomic E-state index is 0.540. The molecule has 92 valence electrons. The van der Waals surface area contributed by atoms with E-state index in [4.69, 9.17) is 5.73 Å². The third-order valence-electron chi connectivity index (χ3n) is 2.91. The number of imidazole rings is 1. The van der Waals surface area contributed by atoms with Gasteiger partial charge in [-0.1, -0.05) is 0 Å². The predicted molar refractivity (Wildman–Crippen MR) is 68.8 cm³/mol. The van der Waals surface area contributed by atoms with E-state index in [0.29, 0.717) is 5.95 Å². The van der Waals surface area contributed by atoms with Crippen LogP contribution in [0.4, 0.5) is 5.95 Å². The number of pyridine rings is 1. The molecule has 0 fully saturated rings. The monoisotopic (exact) mass is 242 g/mol. The van der Waals surface area contributed by atoms with Gasteiger partial charge < -0.3 is 10.3 Å². The molecule has 0 aromatic carbocycles. The Balaban J connectivity index is 1.76. The van der Waals surface area contributed by atoms with E-state index >= 15 is 0 Å². The molecule has 3 aromatic heterocycles. The van der Waals surface area contributed by atoms with Gasteiger partial charge in [0.1, 0.15) is 5.52 Å². The molecule has 0 saturated carbocycles. The average molecular weight is 242 g/mol. The Bertz CT molecular complexity index is 640. The van der Waals surface area contributed by atoms with Crippen molar-refractivity contribution in [1.29, 1.82) is 0 Å². The number of fused-ring (bicyclic) bond motifs is 1. The summed E-state index contributed by atoms with van der Waals surface area (Å²) in [6, 6.07) is 3.86. The van der Waals surface area contributed by atoms with Gasteiger partial charge in [0.2, 0.25) is 5.95 Å². The van der Waals surface area contributed by atoms with E-state index < -0.39 is 0 Å². The van der Waals surface area contributed by atoms with Crippen molar-refractivity contribution in [3.63, 3.8) is 0 Å². The Morgan fingerprint density at radius 1 is 1.22 bits per heavy atom. The van der Waals surface area contributed by atoms with Crippen molar-refractivity contribution in [2.24, 2.45) is 0 Å². The Morgan fingerprint density at radius 3 is 3.00 bits per heavy atom. The molecule has 0 spiro atoms. The highest BCUT2D eigenvalue weighted by Crippen LogP contribution is 2.16. The van der Waals surface area contributed by atoms with Crippen LogP contribution >= 0.6 is 0 Å². The predicted octanol–water partition coefficient (Wildman–Crippen LogP) is 1.30. The van der Waals surface area contributed by atoms with Gasteiger partial charge in [-0.15, -0.1) is 0 Å². The molecule has 3 heterocycles. The summed E-state index contributed by atoms with van der Waals surface area (Å²) in [5.41, 5.74) is 7.79. The number of hydrogen-bond acceptors (Lipinski definition) is 4. The first-order chi connectivity index (χ1) is 8.84. The first kappa shape index (κ1) is 10.8. The Morgan fingerprint density at radius 2 is 2.17 bits per heavy atom. The fourth-order valence-electron chi connectivity index (χ4n) is 2.06. The van der Waals surface area contributed by atoms with Gasteiger partial charge >= 0.3 is 0 Å². The molecule has 0 aliphatic carbocycles. The van der Waals surface area contributed by atoms with E-state index in [2.05, 4.69) is 15.1 Å². The van der Waals surface area contributed by atoms with Crippen LogP contribution in [0.15, 0.2) is 36.9 Å². The Labute approximate surface area is 104 Å². The van der Waals surface area contributed by atoms with Gasteiger partial charge in [0, 0.05) is 31.7 Å². The third kappa shape index (κ3) is 1.92. The topological polar surface area (TPSA) is 74.5 Å². The van der Waals surface area contributed by atoms with Crippen molar-refractivity contribution in [2.45, 2.75) is 19.5 Å². The van der Waals surface area contributed by atoms with Crippen molar-refractivity contribution in [3.8, 4) is 0 Å². The lowest BCUT2D eigenvalue weighted by Gasteiger charge is -2.06. The third-order valence-corrected chi connectivity index (χ3v) is 2.91. The summed E-state index contributed by atoms with van der Waals surface area (Å²) in [5.74, 6) is 0.540. The van der Waals surface area contributed by atoms with Crippen LogP contribution in [-0.2, 0) is 13.1 Å². The van der Waals surface area contributed by atoms with Crippen LogP contribution in [-0.4, -0.2) is 24.3 Å². The second-order valence-corrected chi connectivity index (χ2v) is 4.11. The molecule has 0 aliphatic heterocycles. The molecule has 6 nitrogen and oxygen atoms in total. The smallest absolute Gasteiger partial charge is 0.201 e. The molecule has 3 rings (SSSR count). The molecule has 6 heteroatoms. The van der Waals surface area contributed by atoms with Crippen LogP contribution < -0.4 is 5.73 Å². The molecule has 0 unspecified atom stereocenters. The van der Waals surface area contributed by atoms with Gasteiger partial charge in [0.15, 0.2) is 0 Å². The van der Waals surface area contributed by atoms with E-state index in [1.165, 1.54) is 0 Å². The summed E-state index contributed by atoms with van der Waals surface area (Å²) in [7, 11) is 0. The van der Waals surface area contributed by atoms with E-state index in [0.717, 1.165) is 30.5 Å². The average Bonchev–Trinajstić information content (AvgIpc) is 2.98. The van der Waals surface area contributed by atoms with Crippen LogP contribution in [0, 0.1) is 0 Å². The summed E-state index contributed by atoms with van der Waals surface area (Å²) in [5, 5.41) is 4.17. The number of hydrogen-bond donors (Lipinski definition) is 1. The lowest BCUT2D eigenvalue weighted by molar-refractivity contribution is 0.535. The van der Waals surface area contributed by atoms with E-state index in [-0.39, 0.29) is 0 Å². The van der Waals surface area contributed by atoms with E-state index in [1.54, 1.807) is 18.6 Å². The van der Waals surface area contributed by atoms with Gasteiger partial charge in [0.05, 0.1) is 11.7 Å². The van der Waals surface area contributed by atoms with Gasteiger partial charge in [-0.3, -0.25) is 9.67 Å². The quantitative estimate of drug-likeness (QED) is 0.748. The second-order valence-electron chi connectivity index (χ2n) is 4.11. The zero-order valence-electron chi connectivity index (χ0n) is 9.90. The maximum absolute atomic E-state index is 5.91. The molecule has 0 amide bonds. The van der Waals surface area contributed by atoms with E-state index in [1.807, 2.05) is 27.6 Å². The van der Waals surface area contributed by atoms with Gasteiger partial charge in [-0.2, -0.15) is 5.10 Å². The van der Waals surface area contributed by atoms with Crippen LogP contribution in [0.5, 0.6) is 0 Å². The van der Waals surface area contributed by atoms with E-state index in [9.17, 15) is 0 Å². The minimum atomic E-state index is 0.540. The SMILES string of the molecule is Nc1nc2cnccc2n1CCCn1cccn1. The molecule has 0 saturated heterocycles. The van der Waals surface area contributed by atoms with Crippen LogP contribution in [0.25, 0.3) is 11.0 Å². The molecule has 3 aromatic rings. The lowest BCUT2D eigenvalue weighted by atomic mass is 10.3.